The molecular formula is C21H18BrFN2O4S2. The summed E-state index contributed by atoms with van der Waals surface area (Å²) in [6.45, 7) is 2.11. The molecule has 0 spiro atoms. The summed E-state index contributed by atoms with van der Waals surface area (Å²) < 4.78 is 25.1. The maximum Gasteiger partial charge on any atom is 0.266 e. The molecule has 0 aromatic heterocycles. The van der Waals surface area contributed by atoms with Crippen LogP contribution >= 0.6 is 39.9 Å². The van der Waals surface area contributed by atoms with E-state index in [0.29, 0.717) is 43.0 Å². The summed E-state index contributed by atoms with van der Waals surface area (Å²) in [7, 11) is 1.48. The minimum Gasteiger partial charge on any atom is -0.493 e. The van der Waals surface area contributed by atoms with Crippen molar-refractivity contribution in [2.75, 3.05) is 25.6 Å². The van der Waals surface area contributed by atoms with Crippen LogP contribution in [0.3, 0.4) is 0 Å². The quantitative estimate of drug-likeness (QED) is 0.413. The van der Waals surface area contributed by atoms with Gasteiger partial charge in [-0.25, -0.2) is 4.39 Å². The highest BCUT2D eigenvalue weighted by Gasteiger charge is 2.30. The van der Waals surface area contributed by atoms with Gasteiger partial charge in [0.05, 0.1) is 16.5 Å². The van der Waals surface area contributed by atoms with Gasteiger partial charge in [0.2, 0.25) is 0 Å². The number of nitrogens with zero attached hydrogens (tertiary/aromatic N) is 1. The van der Waals surface area contributed by atoms with Crippen LogP contribution in [-0.2, 0) is 9.59 Å². The number of carbonyl (C=O) groups is 2. The molecule has 1 saturated heterocycles. The van der Waals surface area contributed by atoms with E-state index in [9.17, 15) is 14.0 Å². The van der Waals surface area contributed by atoms with E-state index in [0.717, 1.165) is 0 Å². The van der Waals surface area contributed by atoms with E-state index < -0.39 is 5.91 Å². The number of hydrogen-bond acceptors (Lipinski definition) is 6. The Labute approximate surface area is 196 Å². The van der Waals surface area contributed by atoms with Crippen molar-refractivity contribution in [2.45, 2.75) is 6.92 Å². The molecule has 6 nitrogen and oxygen atoms in total. The van der Waals surface area contributed by atoms with E-state index in [1.807, 2.05) is 6.92 Å². The Balaban J connectivity index is 1.73. The second-order valence-electron chi connectivity index (χ2n) is 6.30. The summed E-state index contributed by atoms with van der Waals surface area (Å²) in [5, 5.41) is 2.62. The first-order chi connectivity index (χ1) is 14.8. The molecule has 2 aromatic carbocycles. The van der Waals surface area contributed by atoms with Gasteiger partial charge in [-0.05, 0) is 70.9 Å². The molecule has 2 aromatic rings. The minimum atomic E-state index is -0.409. The molecule has 0 atom stereocenters. The average molecular weight is 525 g/mol. The SMILES string of the molecule is CCN1C(=O)/C(=C/c2cc(Br)c(OCC(=O)Nc3ccc(F)cc3)c(OC)c2)SC1=S. The van der Waals surface area contributed by atoms with Gasteiger partial charge in [-0.2, -0.15) is 0 Å². The van der Waals surface area contributed by atoms with Gasteiger partial charge in [0.1, 0.15) is 10.1 Å². The molecule has 1 aliphatic rings. The number of anilines is 1. The highest BCUT2D eigenvalue weighted by atomic mass is 79.9. The number of halogens is 2. The van der Waals surface area contributed by atoms with Gasteiger partial charge in [0, 0.05) is 12.2 Å². The van der Waals surface area contributed by atoms with Crippen molar-refractivity contribution in [3.63, 3.8) is 0 Å². The zero-order valence-corrected chi connectivity index (χ0v) is 19.8. The third kappa shape index (κ3) is 5.63. The fourth-order valence-electron chi connectivity index (χ4n) is 2.76. The number of hydrogen-bond donors (Lipinski definition) is 1. The number of nitrogens with one attached hydrogen (secondary N) is 1. The minimum absolute atomic E-state index is 0.134. The average Bonchev–Trinajstić information content (AvgIpc) is 3.00. The number of likely N-dealkylation sites (N-methyl/N-ethyl adjacent to an activating group) is 1. The van der Waals surface area contributed by atoms with Gasteiger partial charge in [-0.15, -0.1) is 0 Å². The van der Waals surface area contributed by atoms with Crippen molar-refractivity contribution >= 4 is 67.8 Å². The third-order valence-electron chi connectivity index (χ3n) is 4.21. The monoisotopic (exact) mass is 524 g/mol. The van der Waals surface area contributed by atoms with Crippen molar-refractivity contribution in [3.8, 4) is 11.5 Å². The number of rotatable bonds is 7. The Morgan fingerprint density at radius 2 is 2.03 bits per heavy atom. The molecule has 162 valence electrons. The standard InChI is InChI=1S/C21H18BrFN2O4S2/c1-3-25-20(27)17(31-21(25)30)10-12-8-15(22)19(16(9-12)28-2)29-11-18(26)24-14-6-4-13(23)5-7-14/h4-10H,3,11H2,1-2H3,(H,24,26)/b17-10-. The molecule has 0 saturated carbocycles. The Hall–Kier alpha value is -2.43. The molecule has 0 radical (unpaired) electrons. The maximum absolute atomic E-state index is 13.0. The predicted molar refractivity (Wildman–Crippen MR) is 127 cm³/mol. The molecule has 0 unspecified atom stereocenters. The first kappa shape index (κ1) is 23.2. The predicted octanol–water partition coefficient (Wildman–Crippen LogP) is 4.84. The van der Waals surface area contributed by atoms with E-state index in [1.165, 1.54) is 48.0 Å². The smallest absolute Gasteiger partial charge is 0.266 e. The number of thiocarbonyl (C=S) groups is 1. The molecule has 1 heterocycles. The summed E-state index contributed by atoms with van der Waals surface area (Å²) in [5.41, 5.74) is 1.17. The van der Waals surface area contributed by atoms with Crippen molar-refractivity contribution in [3.05, 3.63) is 57.2 Å². The van der Waals surface area contributed by atoms with Gasteiger partial charge in [-0.1, -0.05) is 24.0 Å². The van der Waals surface area contributed by atoms with Crippen LogP contribution in [0.15, 0.2) is 45.8 Å². The molecule has 31 heavy (non-hydrogen) atoms. The van der Waals surface area contributed by atoms with Gasteiger partial charge < -0.3 is 14.8 Å². The summed E-state index contributed by atoms with van der Waals surface area (Å²) in [6.07, 6.45) is 1.73. The molecule has 2 amide bonds. The molecule has 10 heteroatoms. The zero-order valence-electron chi connectivity index (χ0n) is 16.6. The van der Waals surface area contributed by atoms with E-state index in [1.54, 1.807) is 18.2 Å². The van der Waals surface area contributed by atoms with Crippen LogP contribution in [0.5, 0.6) is 11.5 Å². The number of thioether (sulfide) groups is 1. The lowest BCUT2D eigenvalue weighted by Gasteiger charge is -2.14. The highest BCUT2D eigenvalue weighted by molar-refractivity contribution is 9.10. The normalized spacial score (nSPS) is 14.8. The third-order valence-corrected chi connectivity index (χ3v) is 6.18. The van der Waals surface area contributed by atoms with Crippen LogP contribution < -0.4 is 14.8 Å². The van der Waals surface area contributed by atoms with Crippen molar-refractivity contribution < 1.29 is 23.5 Å². The van der Waals surface area contributed by atoms with E-state index in [-0.39, 0.29) is 18.3 Å². The van der Waals surface area contributed by atoms with Crippen LogP contribution in [0, 0.1) is 5.82 Å². The Kier molecular flexibility index (Phi) is 7.69. The maximum atomic E-state index is 13.0. The fraction of sp³-hybridized carbons (Fsp3) is 0.190. The van der Waals surface area contributed by atoms with Gasteiger partial charge in [0.25, 0.3) is 11.8 Å². The van der Waals surface area contributed by atoms with Crippen LogP contribution in [0.1, 0.15) is 12.5 Å². The van der Waals surface area contributed by atoms with E-state index in [2.05, 4.69) is 21.2 Å². The van der Waals surface area contributed by atoms with Crippen molar-refractivity contribution in [1.29, 1.82) is 0 Å². The van der Waals surface area contributed by atoms with Crippen LogP contribution in [0.4, 0.5) is 10.1 Å². The number of carbonyl (C=O) groups excluding carboxylic acids is 2. The second kappa shape index (κ2) is 10.3. The highest BCUT2D eigenvalue weighted by Crippen LogP contribution is 2.39. The number of amides is 2. The number of benzene rings is 2. The van der Waals surface area contributed by atoms with Gasteiger partial charge >= 0.3 is 0 Å². The number of ether oxygens (including phenoxy) is 2. The first-order valence-electron chi connectivity index (χ1n) is 9.13. The molecule has 0 bridgehead atoms. The molecule has 3 rings (SSSR count). The van der Waals surface area contributed by atoms with Gasteiger partial charge in [0.15, 0.2) is 18.1 Å². The van der Waals surface area contributed by atoms with Crippen LogP contribution in [0.25, 0.3) is 6.08 Å². The molecular weight excluding hydrogens is 507 g/mol. The lowest BCUT2D eigenvalue weighted by Crippen LogP contribution is -2.27. The largest absolute Gasteiger partial charge is 0.493 e. The molecule has 1 aliphatic heterocycles. The Morgan fingerprint density at radius 3 is 2.65 bits per heavy atom. The van der Waals surface area contributed by atoms with Crippen molar-refractivity contribution in [1.82, 2.24) is 4.90 Å². The lowest BCUT2D eigenvalue weighted by atomic mass is 10.2. The second-order valence-corrected chi connectivity index (χ2v) is 8.83. The van der Waals surface area contributed by atoms with E-state index >= 15 is 0 Å². The molecule has 1 fully saturated rings. The molecule has 0 aliphatic carbocycles. The Morgan fingerprint density at radius 1 is 1.32 bits per heavy atom. The lowest BCUT2D eigenvalue weighted by molar-refractivity contribution is -0.122. The van der Waals surface area contributed by atoms with Gasteiger partial charge in [-0.3, -0.25) is 14.5 Å². The fourth-order valence-corrected chi connectivity index (χ4v) is 4.71. The summed E-state index contributed by atoms with van der Waals surface area (Å²) in [6, 6.07) is 8.89. The van der Waals surface area contributed by atoms with Crippen molar-refractivity contribution in [2.24, 2.45) is 0 Å². The summed E-state index contributed by atoms with van der Waals surface area (Å²) >= 11 is 9.91. The van der Waals surface area contributed by atoms with Crippen LogP contribution in [0.2, 0.25) is 0 Å². The number of methoxy groups -OCH3 is 1. The molecule has 1 N–H and O–H groups in total. The topological polar surface area (TPSA) is 67.9 Å². The first-order valence-corrected chi connectivity index (χ1v) is 11.1. The zero-order chi connectivity index (χ0) is 22.5. The summed E-state index contributed by atoms with van der Waals surface area (Å²) in [4.78, 5) is 26.6. The van der Waals surface area contributed by atoms with Crippen LogP contribution in [-0.4, -0.2) is 41.3 Å². The Bertz CT molecular complexity index is 1060. The summed E-state index contributed by atoms with van der Waals surface area (Å²) in [5.74, 6) is -0.200. The van der Waals surface area contributed by atoms with E-state index in [4.69, 9.17) is 21.7 Å².